The van der Waals surface area contributed by atoms with Crippen LogP contribution in [0, 0.1) is 0 Å². The average Bonchev–Trinajstić information content (AvgIpc) is 2.50. The van der Waals surface area contributed by atoms with Gasteiger partial charge in [-0.3, -0.25) is 4.79 Å². The van der Waals surface area contributed by atoms with Gasteiger partial charge in [0.2, 0.25) is 5.91 Å². The Bertz CT molecular complexity index is 567. The van der Waals surface area contributed by atoms with Gasteiger partial charge in [-0.1, -0.05) is 42.5 Å². The summed E-state index contributed by atoms with van der Waals surface area (Å²) in [4.78, 5) is 10.8. The maximum Gasteiger partial charge on any atom is 0.234 e. The maximum atomic E-state index is 10.8. The van der Waals surface area contributed by atoms with Crippen molar-refractivity contribution in [1.29, 1.82) is 0 Å². The number of hydrogen-bond acceptors (Lipinski definition) is 3. The van der Waals surface area contributed by atoms with E-state index in [0.717, 1.165) is 12.2 Å². The van der Waals surface area contributed by atoms with Crippen LogP contribution in [0.4, 0.5) is 0 Å². The summed E-state index contributed by atoms with van der Waals surface area (Å²) in [6, 6.07) is 17.6. The molecule has 0 aliphatic heterocycles. The molecule has 1 amide bonds. The second-order valence-corrected chi connectivity index (χ2v) is 4.95. The van der Waals surface area contributed by atoms with Gasteiger partial charge in [0.15, 0.2) is 0 Å². The molecule has 4 heteroatoms. The lowest BCUT2D eigenvalue weighted by molar-refractivity contribution is -0.119. The summed E-state index contributed by atoms with van der Waals surface area (Å²) in [7, 11) is 0. The molecule has 0 radical (unpaired) electrons. The summed E-state index contributed by atoms with van der Waals surface area (Å²) in [5.74, 6) is 0.264. The van der Waals surface area contributed by atoms with E-state index in [0.29, 0.717) is 13.0 Å². The third kappa shape index (κ3) is 4.93. The van der Waals surface area contributed by atoms with Crippen LogP contribution in [0.25, 0.3) is 0 Å². The van der Waals surface area contributed by atoms with E-state index < -0.39 is 11.9 Å². The van der Waals surface area contributed by atoms with Gasteiger partial charge in [-0.15, -0.1) is 0 Å². The van der Waals surface area contributed by atoms with Crippen LogP contribution >= 0.6 is 0 Å². The second kappa shape index (κ2) is 7.45. The number of carbonyl (C=O) groups excluding carboxylic acids is 1. The first kappa shape index (κ1) is 15.1. The van der Waals surface area contributed by atoms with Crippen molar-refractivity contribution < 1.29 is 9.53 Å². The molecule has 2 aromatic carbocycles. The van der Waals surface area contributed by atoms with Crippen LogP contribution in [0.15, 0.2) is 54.6 Å². The minimum Gasteiger partial charge on any atom is -0.494 e. The summed E-state index contributed by atoms with van der Waals surface area (Å²) in [5.41, 5.74) is 13.1. The molecule has 0 saturated heterocycles. The van der Waals surface area contributed by atoms with Gasteiger partial charge in [-0.2, -0.15) is 0 Å². The highest BCUT2D eigenvalue weighted by Gasteiger charge is 2.08. The van der Waals surface area contributed by atoms with E-state index in [1.165, 1.54) is 11.1 Å². The Morgan fingerprint density at radius 2 is 1.62 bits per heavy atom. The molecule has 4 nitrogen and oxygen atoms in total. The molecule has 1 atom stereocenters. The van der Waals surface area contributed by atoms with Crippen molar-refractivity contribution in [3.63, 3.8) is 0 Å². The van der Waals surface area contributed by atoms with Crippen molar-refractivity contribution in [3.05, 3.63) is 65.7 Å². The first-order valence-corrected chi connectivity index (χ1v) is 6.96. The molecule has 0 spiro atoms. The first-order chi connectivity index (χ1) is 10.1. The van der Waals surface area contributed by atoms with Crippen LogP contribution in [-0.2, 0) is 11.2 Å². The zero-order chi connectivity index (χ0) is 15.1. The van der Waals surface area contributed by atoms with Gasteiger partial charge in [-0.25, -0.2) is 0 Å². The van der Waals surface area contributed by atoms with Crippen molar-refractivity contribution in [3.8, 4) is 5.75 Å². The summed E-state index contributed by atoms with van der Waals surface area (Å²) in [5, 5.41) is 0. The Balaban J connectivity index is 1.83. The molecule has 4 N–H and O–H groups in total. The number of hydrogen-bond donors (Lipinski definition) is 2. The largest absolute Gasteiger partial charge is 0.494 e. The third-order valence-corrected chi connectivity index (χ3v) is 3.24. The number of ether oxygens (including phenoxy) is 1. The number of amides is 1. The Hall–Kier alpha value is -2.33. The summed E-state index contributed by atoms with van der Waals surface area (Å²) in [6.45, 7) is 0.377. The lowest BCUT2D eigenvalue weighted by Crippen LogP contribution is -2.37. The molecule has 0 aromatic heterocycles. The number of benzene rings is 2. The third-order valence-electron chi connectivity index (χ3n) is 3.24. The lowest BCUT2D eigenvalue weighted by Gasteiger charge is -2.10. The van der Waals surface area contributed by atoms with Gasteiger partial charge in [0.25, 0.3) is 0 Å². The monoisotopic (exact) mass is 284 g/mol. The molecule has 2 aromatic rings. The zero-order valence-electron chi connectivity index (χ0n) is 11.9. The molecular formula is C17H20N2O2. The topological polar surface area (TPSA) is 78.3 Å². The predicted molar refractivity (Wildman–Crippen MR) is 83.0 cm³/mol. The highest BCUT2D eigenvalue weighted by molar-refractivity contribution is 5.79. The van der Waals surface area contributed by atoms with Gasteiger partial charge in [-0.05, 0) is 29.7 Å². The minimum absolute atomic E-state index is 0.377. The Morgan fingerprint density at radius 1 is 1.00 bits per heavy atom. The van der Waals surface area contributed by atoms with Crippen molar-refractivity contribution in [2.75, 3.05) is 6.61 Å². The molecule has 0 bridgehead atoms. The SMILES string of the molecule is NC(=O)C(N)CCOc1ccc(Cc2ccccc2)cc1. The average molecular weight is 284 g/mol. The fourth-order valence-electron chi connectivity index (χ4n) is 1.98. The fraction of sp³-hybridized carbons (Fsp3) is 0.235. The standard InChI is InChI=1S/C17H20N2O2/c18-16(17(19)20)10-11-21-15-8-6-14(7-9-15)12-13-4-2-1-3-5-13/h1-9,16H,10-12,18H2,(H2,19,20). The van der Waals surface area contributed by atoms with Crippen LogP contribution in [0.5, 0.6) is 5.75 Å². The molecule has 21 heavy (non-hydrogen) atoms. The number of primary amides is 1. The zero-order valence-corrected chi connectivity index (χ0v) is 11.9. The van der Waals surface area contributed by atoms with Gasteiger partial charge in [0.05, 0.1) is 12.6 Å². The normalized spacial score (nSPS) is 11.9. The maximum absolute atomic E-state index is 10.8. The molecule has 2 rings (SSSR count). The highest BCUT2D eigenvalue weighted by Crippen LogP contribution is 2.15. The Kier molecular flexibility index (Phi) is 5.35. The van der Waals surface area contributed by atoms with E-state index in [-0.39, 0.29) is 0 Å². The van der Waals surface area contributed by atoms with Crippen molar-refractivity contribution in [1.82, 2.24) is 0 Å². The van der Waals surface area contributed by atoms with E-state index in [2.05, 4.69) is 12.1 Å². The Morgan fingerprint density at radius 3 is 2.24 bits per heavy atom. The van der Waals surface area contributed by atoms with E-state index >= 15 is 0 Å². The van der Waals surface area contributed by atoms with Crippen LogP contribution in [0.2, 0.25) is 0 Å². The predicted octanol–water partition coefficient (Wildman–Crippen LogP) is 1.86. The van der Waals surface area contributed by atoms with E-state index in [1.54, 1.807) is 0 Å². The van der Waals surface area contributed by atoms with E-state index in [9.17, 15) is 4.79 Å². The molecule has 0 aliphatic rings. The minimum atomic E-state index is -0.651. The quantitative estimate of drug-likeness (QED) is 0.814. The van der Waals surface area contributed by atoms with Gasteiger partial charge < -0.3 is 16.2 Å². The number of carbonyl (C=O) groups is 1. The molecule has 0 fully saturated rings. The smallest absolute Gasteiger partial charge is 0.234 e. The lowest BCUT2D eigenvalue weighted by atomic mass is 10.1. The van der Waals surface area contributed by atoms with Crippen LogP contribution in [0.1, 0.15) is 17.5 Å². The summed E-state index contributed by atoms with van der Waals surface area (Å²) < 4.78 is 5.54. The van der Waals surface area contributed by atoms with Crippen LogP contribution in [0.3, 0.4) is 0 Å². The number of rotatable bonds is 7. The molecule has 0 aliphatic carbocycles. The molecule has 0 heterocycles. The molecule has 0 saturated carbocycles. The highest BCUT2D eigenvalue weighted by atomic mass is 16.5. The molecule has 1 unspecified atom stereocenters. The summed E-state index contributed by atoms with van der Waals surface area (Å²) in [6.07, 6.45) is 1.31. The number of nitrogens with two attached hydrogens (primary N) is 2. The second-order valence-electron chi connectivity index (χ2n) is 4.95. The van der Waals surface area contributed by atoms with Crippen LogP contribution < -0.4 is 16.2 Å². The van der Waals surface area contributed by atoms with Gasteiger partial charge in [0.1, 0.15) is 5.75 Å². The fourth-order valence-corrected chi connectivity index (χ4v) is 1.98. The molecular weight excluding hydrogens is 264 g/mol. The van der Waals surface area contributed by atoms with Crippen molar-refractivity contribution in [2.24, 2.45) is 11.5 Å². The molecule has 110 valence electrons. The van der Waals surface area contributed by atoms with Gasteiger partial charge in [0, 0.05) is 6.42 Å². The van der Waals surface area contributed by atoms with E-state index in [1.807, 2.05) is 42.5 Å². The summed E-state index contributed by atoms with van der Waals surface area (Å²) >= 11 is 0. The van der Waals surface area contributed by atoms with Crippen molar-refractivity contribution in [2.45, 2.75) is 18.9 Å². The van der Waals surface area contributed by atoms with Crippen molar-refractivity contribution >= 4 is 5.91 Å². The van der Waals surface area contributed by atoms with Gasteiger partial charge >= 0.3 is 0 Å². The Labute approximate surface area is 124 Å². The van der Waals surface area contributed by atoms with E-state index in [4.69, 9.17) is 16.2 Å². The first-order valence-electron chi connectivity index (χ1n) is 6.96. The van der Waals surface area contributed by atoms with Crippen LogP contribution in [-0.4, -0.2) is 18.6 Å².